The summed E-state index contributed by atoms with van der Waals surface area (Å²) in [4.78, 5) is 12.1. The van der Waals surface area contributed by atoms with Gasteiger partial charge in [0.15, 0.2) is 8.32 Å². The molecule has 0 bridgehead atoms. The molecule has 4 heteroatoms. The Bertz CT molecular complexity index is 701. The van der Waals surface area contributed by atoms with E-state index in [2.05, 4.69) is 85.4 Å². The zero-order chi connectivity index (χ0) is 19.2. The van der Waals surface area contributed by atoms with Crippen molar-refractivity contribution in [2.75, 3.05) is 0 Å². The molecule has 0 amide bonds. The first-order chi connectivity index (χ1) is 11.3. The predicted molar refractivity (Wildman–Crippen MR) is 113 cm³/mol. The van der Waals surface area contributed by atoms with Crippen LogP contribution in [0, 0.1) is 41.5 Å². The molecule has 2 aromatic carbocycles. The predicted octanol–water partition coefficient (Wildman–Crippen LogP) is 3.94. The van der Waals surface area contributed by atoms with Gasteiger partial charge in [-0.3, -0.25) is 0 Å². The van der Waals surface area contributed by atoms with Gasteiger partial charge in [0.25, 0.3) is 0 Å². The van der Waals surface area contributed by atoms with Gasteiger partial charge in [-0.15, -0.1) is 0 Å². The first kappa shape index (κ1) is 20.1. The first-order valence-electron chi connectivity index (χ1n) is 8.94. The maximum Gasteiger partial charge on any atom is 0.395 e. The van der Waals surface area contributed by atoms with Crippen LogP contribution in [0.15, 0.2) is 24.3 Å². The normalized spacial score (nSPS) is 12.6. The molecule has 0 aromatic heterocycles. The average molecular weight is 373 g/mol. The Kier molecular flexibility index (Phi) is 5.50. The number of rotatable bonds is 4. The second-order valence-electron chi connectivity index (χ2n) is 8.41. The van der Waals surface area contributed by atoms with E-state index in [0.717, 1.165) is 32.6 Å². The standard InChI is InChI=1S/C21H32O2Si2/c1-14-10-16(3)20(17(4)11-14)25(22,23-24(7,8)9)21-18(5)12-15(2)13-19(21)6/h10-13,22H,1-9H3. The van der Waals surface area contributed by atoms with Crippen molar-refractivity contribution in [3.8, 4) is 0 Å². The Morgan fingerprint density at radius 3 is 1.16 bits per heavy atom. The molecule has 1 N–H and O–H groups in total. The quantitative estimate of drug-likeness (QED) is 0.824. The Hall–Kier alpha value is -1.21. The van der Waals surface area contributed by atoms with E-state index in [1.165, 1.54) is 11.1 Å². The molecular weight excluding hydrogens is 340 g/mol. The monoisotopic (exact) mass is 372 g/mol. The number of hydrogen-bond donors (Lipinski definition) is 1. The van der Waals surface area contributed by atoms with Crippen LogP contribution in [-0.2, 0) is 4.12 Å². The van der Waals surface area contributed by atoms with Gasteiger partial charge in [-0.05, 0) is 83.4 Å². The van der Waals surface area contributed by atoms with Crippen LogP contribution in [0.4, 0.5) is 0 Å². The molecule has 0 spiro atoms. The lowest BCUT2D eigenvalue weighted by atomic mass is 10.1. The number of benzene rings is 2. The van der Waals surface area contributed by atoms with Crippen molar-refractivity contribution in [3.05, 3.63) is 57.6 Å². The third-order valence-electron chi connectivity index (χ3n) is 4.49. The lowest BCUT2D eigenvalue weighted by molar-refractivity contribution is 0.406. The van der Waals surface area contributed by atoms with Crippen molar-refractivity contribution in [3.63, 3.8) is 0 Å². The van der Waals surface area contributed by atoms with Gasteiger partial charge in [0.05, 0.1) is 0 Å². The molecule has 136 valence electrons. The summed E-state index contributed by atoms with van der Waals surface area (Å²) in [6.07, 6.45) is 0. The van der Waals surface area contributed by atoms with E-state index >= 15 is 0 Å². The first-order valence-corrected chi connectivity index (χ1v) is 14.2. The average Bonchev–Trinajstić information content (AvgIpc) is 2.32. The molecule has 0 atom stereocenters. The third kappa shape index (κ3) is 4.14. The summed E-state index contributed by atoms with van der Waals surface area (Å²) in [7, 11) is -5.26. The second kappa shape index (κ2) is 6.84. The molecule has 25 heavy (non-hydrogen) atoms. The SMILES string of the molecule is Cc1cc(C)c([Si](O)(O[Si](C)(C)C)c2c(C)cc(C)cc2C)c(C)c1. The van der Waals surface area contributed by atoms with Gasteiger partial charge < -0.3 is 8.91 Å². The summed E-state index contributed by atoms with van der Waals surface area (Å²) in [5, 5.41) is 2.05. The Balaban J connectivity index is 2.87. The number of aryl methyl sites for hydroxylation is 6. The van der Waals surface area contributed by atoms with Crippen molar-refractivity contribution in [2.45, 2.75) is 61.2 Å². The molecular formula is C21H32O2Si2. The molecule has 0 aliphatic carbocycles. The second-order valence-corrected chi connectivity index (χ2v) is 15.7. The highest BCUT2D eigenvalue weighted by Gasteiger charge is 2.46. The zero-order valence-corrected chi connectivity index (χ0v) is 19.2. The maximum atomic E-state index is 12.1. The fourth-order valence-electron chi connectivity index (χ4n) is 4.10. The fourth-order valence-corrected chi connectivity index (χ4v) is 11.1. The van der Waals surface area contributed by atoms with E-state index in [-0.39, 0.29) is 0 Å². The van der Waals surface area contributed by atoms with Gasteiger partial charge in [-0.25, -0.2) is 0 Å². The van der Waals surface area contributed by atoms with E-state index in [4.69, 9.17) is 4.12 Å². The Morgan fingerprint density at radius 2 is 0.920 bits per heavy atom. The van der Waals surface area contributed by atoms with E-state index in [9.17, 15) is 4.80 Å². The van der Waals surface area contributed by atoms with Gasteiger partial charge in [0.2, 0.25) is 0 Å². The molecule has 0 heterocycles. The van der Waals surface area contributed by atoms with E-state index in [1.54, 1.807) is 0 Å². The van der Waals surface area contributed by atoms with E-state index in [0.29, 0.717) is 0 Å². The highest BCUT2D eigenvalue weighted by atomic mass is 28.4. The summed E-state index contributed by atoms with van der Waals surface area (Å²) in [5.74, 6) is 0. The van der Waals surface area contributed by atoms with E-state index < -0.39 is 16.9 Å². The molecule has 0 saturated carbocycles. The minimum Gasteiger partial charge on any atom is -0.430 e. The van der Waals surface area contributed by atoms with Crippen LogP contribution < -0.4 is 10.4 Å². The Morgan fingerprint density at radius 1 is 0.640 bits per heavy atom. The Labute approximate surface area is 155 Å². The van der Waals surface area contributed by atoms with Crippen molar-refractivity contribution in [2.24, 2.45) is 0 Å². The van der Waals surface area contributed by atoms with Crippen LogP contribution in [0.1, 0.15) is 33.4 Å². The molecule has 0 fully saturated rings. The molecule has 2 aromatic rings. The van der Waals surface area contributed by atoms with Gasteiger partial charge in [-0.2, -0.15) is 0 Å². The van der Waals surface area contributed by atoms with Gasteiger partial charge >= 0.3 is 8.56 Å². The molecule has 2 nitrogen and oxygen atoms in total. The van der Waals surface area contributed by atoms with Crippen molar-refractivity contribution in [1.29, 1.82) is 0 Å². The molecule has 0 aliphatic rings. The lowest BCUT2D eigenvalue weighted by Crippen LogP contribution is -2.67. The summed E-state index contributed by atoms with van der Waals surface area (Å²) < 4.78 is 6.63. The van der Waals surface area contributed by atoms with Crippen LogP contribution in [0.5, 0.6) is 0 Å². The van der Waals surface area contributed by atoms with E-state index in [1.807, 2.05) is 0 Å². The van der Waals surface area contributed by atoms with Crippen LogP contribution in [0.25, 0.3) is 0 Å². The zero-order valence-electron chi connectivity index (χ0n) is 17.2. The van der Waals surface area contributed by atoms with Crippen LogP contribution in [0.3, 0.4) is 0 Å². The van der Waals surface area contributed by atoms with Crippen molar-refractivity contribution >= 4 is 27.3 Å². The fraction of sp³-hybridized carbons (Fsp3) is 0.429. The molecule has 0 aliphatic heterocycles. The minimum absolute atomic E-state index is 1.02. The highest BCUT2D eigenvalue weighted by Crippen LogP contribution is 2.21. The van der Waals surface area contributed by atoms with Gasteiger partial charge in [0.1, 0.15) is 0 Å². The maximum absolute atomic E-state index is 12.1. The molecule has 0 unspecified atom stereocenters. The van der Waals surface area contributed by atoms with Crippen molar-refractivity contribution < 1.29 is 8.91 Å². The summed E-state index contributed by atoms with van der Waals surface area (Å²) >= 11 is 0. The molecule has 0 saturated heterocycles. The van der Waals surface area contributed by atoms with Gasteiger partial charge in [-0.1, -0.05) is 35.4 Å². The summed E-state index contributed by atoms with van der Waals surface area (Å²) in [6.45, 7) is 19.1. The lowest BCUT2D eigenvalue weighted by Gasteiger charge is -2.36. The summed E-state index contributed by atoms with van der Waals surface area (Å²) in [5.41, 5.74) is 6.96. The van der Waals surface area contributed by atoms with Crippen LogP contribution in [-0.4, -0.2) is 21.7 Å². The molecule has 0 radical (unpaired) electrons. The molecule has 2 rings (SSSR count). The summed E-state index contributed by atoms with van der Waals surface area (Å²) in [6, 6.07) is 8.64. The minimum atomic E-state index is -3.30. The van der Waals surface area contributed by atoms with Gasteiger partial charge in [0, 0.05) is 10.4 Å². The van der Waals surface area contributed by atoms with Crippen LogP contribution in [0.2, 0.25) is 19.6 Å². The largest absolute Gasteiger partial charge is 0.430 e. The van der Waals surface area contributed by atoms with Crippen molar-refractivity contribution in [1.82, 2.24) is 0 Å². The number of hydrogen-bond acceptors (Lipinski definition) is 2. The van der Waals surface area contributed by atoms with Crippen LogP contribution >= 0.6 is 0 Å². The topological polar surface area (TPSA) is 29.5 Å². The highest BCUT2D eigenvalue weighted by molar-refractivity contribution is 6.98. The third-order valence-corrected chi connectivity index (χ3v) is 11.0. The smallest absolute Gasteiger partial charge is 0.395 e.